The molecule has 0 aliphatic carbocycles. The van der Waals surface area contributed by atoms with Gasteiger partial charge in [0.1, 0.15) is 10.7 Å². The first-order valence-electron chi connectivity index (χ1n) is 9.00. The number of nitrogens with zero attached hydrogens (tertiary/aromatic N) is 3. The molecule has 0 saturated heterocycles. The number of nitrogens with one attached hydrogen (secondary N) is 1. The predicted molar refractivity (Wildman–Crippen MR) is 102 cm³/mol. The highest BCUT2D eigenvalue weighted by molar-refractivity contribution is 7.89. The van der Waals surface area contributed by atoms with Crippen molar-refractivity contribution in [3.63, 3.8) is 0 Å². The first-order valence-corrected chi connectivity index (χ1v) is 10.4. The van der Waals surface area contributed by atoms with Gasteiger partial charge >= 0.3 is 0 Å². The summed E-state index contributed by atoms with van der Waals surface area (Å²) in [6, 6.07) is 4.72. The molecule has 0 radical (unpaired) electrons. The number of fused-ring (bicyclic) bond motifs is 1. The number of ether oxygens (including phenoxy) is 2. The molecular weight excluding hydrogens is 384 g/mol. The lowest BCUT2D eigenvalue weighted by molar-refractivity contribution is -0.120. The number of likely N-dealkylation sites (N-methyl/N-ethyl adjacent to an activating group) is 1. The molecule has 2 heterocycles. The quantitative estimate of drug-likeness (QED) is 0.624. The van der Waals surface area contributed by atoms with E-state index in [-0.39, 0.29) is 36.4 Å². The van der Waals surface area contributed by atoms with Gasteiger partial charge in [-0.15, -0.1) is 0 Å². The van der Waals surface area contributed by atoms with Crippen LogP contribution >= 0.6 is 0 Å². The predicted octanol–water partition coefficient (Wildman–Crippen LogP) is 1.14. The van der Waals surface area contributed by atoms with Crippen LogP contribution in [0, 0.1) is 6.92 Å². The van der Waals surface area contributed by atoms with E-state index in [1.54, 1.807) is 18.3 Å². The van der Waals surface area contributed by atoms with Gasteiger partial charge in [0.25, 0.3) is 0 Å². The Morgan fingerprint density at radius 3 is 2.86 bits per heavy atom. The van der Waals surface area contributed by atoms with Crippen LogP contribution in [0.25, 0.3) is 0 Å². The fourth-order valence-corrected chi connectivity index (χ4v) is 4.56. The van der Waals surface area contributed by atoms with E-state index in [0.717, 1.165) is 18.8 Å². The van der Waals surface area contributed by atoms with Gasteiger partial charge in [-0.2, -0.15) is 4.31 Å². The molecule has 0 atom stereocenters. The first kappa shape index (κ1) is 20.2. The van der Waals surface area contributed by atoms with Crippen molar-refractivity contribution in [2.75, 3.05) is 26.9 Å². The van der Waals surface area contributed by atoms with E-state index in [0.29, 0.717) is 12.2 Å². The van der Waals surface area contributed by atoms with Crippen LogP contribution in [-0.4, -0.2) is 55.1 Å². The Kier molecular flexibility index (Phi) is 6.20. The van der Waals surface area contributed by atoms with E-state index in [2.05, 4.69) is 10.3 Å². The molecule has 152 valence electrons. The highest BCUT2D eigenvalue weighted by Crippen LogP contribution is 2.39. The second-order valence-corrected chi connectivity index (χ2v) is 8.28. The SMILES string of the molecule is CNC(=O)CN(CCCCn1ccnc1C)S(=O)(=O)c1cccc2c1OCO2. The van der Waals surface area contributed by atoms with Crippen LogP contribution in [0.1, 0.15) is 18.7 Å². The van der Waals surface area contributed by atoms with Gasteiger partial charge in [-0.1, -0.05) is 6.07 Å². The number of para-hydroxylation sites is 1. The molecule has 1 aliphatic heterocycles. The molecule has 0 bridgehead atoms. The van der Waals surface area contributed by atoms with Gasteiger partial charge in [0, 0.05) is 32.5 Å². The fourth-order valence-electron chi connectivity index (χ4n) is 2.98. The minimum absolute atomic E-state index is 0.0110. The third kappa shape index (κ3) is 4.28. The zero-order valence-electron chi connectivity index (χ0n) is 15.9. The number of aryl methyl sites for hydroxylation is 2. The average Bonchev–Trinajstić information content (AvgIpc) is 3.32. The summed E-state index contributed by atoms with van der Waals surface area (Å²) < 4.78 is 40.2. The van der Waals surface area contributed by atoms with Gasteiger partial charge in [-0.05, 0) is 31.9 Å². The molecule has 10 heteroatoms. The third-order valence-corrected chi connectivity index (χ3v) is 6.43. The topological polar surface area (TPSA) is 103 Å². The largest absolute Gasteiger partial charge is 0.454 e. The van der Waals surface area contributed by atoms with Crippen LogP contribution in [0.15, 0.2) is 35.5 Å². The number of amides is 1. The molecule has 0 saturated carbocycles. The molecule has 1 aromatic heterocycles. The molecular formula is C18H24N4O5S. The third-order valence-electron chi connectivity index (χ3n) is 4.56. The van der Waals surface area contributed by atoms with Crippen molar-refractivity contribution >= 4 is 15.9 Å². The van der Waals surface area contributed by atoms with Crippen LogP contribution in [0.2, 0.25) is 0 Å². The van der Waals surface area contributed by atoms with Crippen molar-refractivity contribution in [1.82, 2.24) is 19.2 Å². The molecule has 2 aromatic rings. The van der Waals surface area contributed by atoms with E-state index < -0.39 is 10.0 Å². The Bertz CT molecular complexity index is 941. The van der Waals surface area contributed by atoms with Crippen molar-refractivity contribution < 1.29 is 22.7 Å². The van der Waals surface area contributed by atoms with Crippen LogP contribution in [0.4, 0.5) is 0 Å². The van der Waals surface area contributed by atoms with E-state index in [1.165, 1.54) is 17.4 Å². The standard InChI is InChI=1S/C18H24N4O5S/c1-14-20-8-11-21(14)9-3-4-10-22(12-17(23)19-2)28(24,25)16-7-5-6-15-18(16)27-13-26-15/h5-8,11H,3-4,9-10,12-13H2,1-2H3,(H,19,23). The fraction of sp³-hybridized carbons (Fsp3) is 0.444. The minimum atomic E-state index is -3.93. The number of imidazole rings is 1. The van der Waals surface area contributed by atoms with Crippen molar-refractivity contribution in [1.29, 1.82) is 0 Å². The van der Waals surface area contributed by atoms with Crippen LogP contribution in [-0.2, 0) is 21.4 Å². The summed E-state index contributed by atoms with van der Waals surface area (Å²) in [5.41, 5.74) is 0. The Hall–Kier alpha value is -2.59. The zero-order valence-corrected chi connectivity index (χ0v) is 16.7. The van der Waals surface area contributed by atoms with Crippen LogP contribution < -0.4 is 14.8 Å². The number of aromatic nitrogens is 2. The van der Waals surface area contributed by atoms with Gasteiger partial charge in [-0.25, -0.2) is 13.4 Å². The second-order valence-electron chi connectivity index (χ2n) is 6.38. The van der Waals surface area contributed by atoms with Gasteiger partial charge < -0.3 is 19.4 Å². The Labute approximate surface area is 164 Å². The van der Waals surface area contributed by atoms with Gasteiger partial charge in [0.05, 0.1) is 6.54 Å². The van der Waals surface area contributed by atoms with Crippen molar-refractivity contribution in [2.45, 2.75) is 31.2 Å². The monoisotopic (exact) mass is 408 g/mol. The number of rotatable bonds is 9. The Morgan fingerprint density at radius 1 is 1.32 bits per heavy atom. The lowest BCUT2D eigenvalue weighted by atomic mass is 10.3. The van der Waals surface area contributed by atoms with Crippen molar-refractivity contribution in [2.24, 2.45) is 0 Å². The molecule has 0 unspecified atom stereocenters. The highest BCUT2D eigenvalue weighted by Gasteiger charge is 2.32. The summed E-state index contributed by atoms with van der Waals surface area (Å²) in [4.78, 5) is 16.1. The summed E-state index contributed by atoms with van der Waals surface area (Å²) in [6.45, 7) is 2.58. The number of hydrogen-bond donors (Lipinski definition) is 1. The van der Waals surface area contributed by atoms with E-state index in [9.17, 15) is 13.2 Å². The number of sulfonamides is 1. The molecule has 0 fully saturated rings. The van der Waals surface area contributed by atoms with Crippen LogP contribution in [0.3, 0.4) is 0 Å². The summed E-state index contributed by atoms with van der Waals surface area (Å²) in [6.07, 6.45) is 4.97. The number of carbonyl (C=O) groups is 1. The Morgan fingerprint density at radius 2 is 2.14 bits per heavy atom. The summed E-state index contributed by atoms with van der Waals surface area (Å²) >= 11 is 0. The minimum Gasteiger partial charge on any atom is -0.454 e. The van der Waals surface area contributed by atoms with Crippen molar-refractivity contribution in [3.05, 3.63) is 36.4 Å². The number of benzene rings is 1. The summed E-state index contributed by atoms with van der Waals surface area (Å²) in [5, 5.41) is 2.48. The van der Waals surface area contributed by atoms with E-state index in [1.807, 2.05) is 17.7 Å². The molecule has 1 aliphatic rings. The molecule has 1 N–H and O–H groups in total. The van der Waals surface area contributed by atoms with Gasteiger partial charge in [0.2, 0.25) is 22.7 Å². The molecule has 3 rings (SSSR count). The normalized spacial score (nSPS) is 13.1. The van der Waals surface area contributed by atoms with E-state index in [4.69, 9.17) is 9.47 Å². The van der Waals surface area contributed by atoms with Gasteiger partial charge in [0.15, 0.2) is 11.5 Å². The number of carbonyl (C=O) groups excluding carboxylic acids is 1. The van der Waals surface area contributed by atoms with Gasteiger partial charge in [-0.3, -0.25) is 4.79 Å². The maximum absolute atomic E-state index is 13.2. The van der Waals surface area contributed by atoms with Crippen molar-refractivity contribution in [3.8, 4) is 11.5 Å². The smallest absolute Gasteiger partial charge is 0.247 e. The molecule has 1 amide bonds. The maximum atomic E-state index is 13.2. The summed E-state index contributed by atoms with van der Waals surface area (Å²) in [5.74, 6) is 1.11. The number of hydrogen-bond acceptors (Lipinski definition) is 6. The zero-order chi connectivity index (χ0) is 20.1. The van der Waals surface area contributed by atoms with Crippen LogP contribution in [0.5, 0.6) is 11.5 Å². The first-order chi connectivity index (χ1) is 13.4. The van der Waals surface area contributed by atoms with E-state index >= 15 is 0 Å². The maximum Gasteiger partial charge on any atom is 0.247 e. The lowest BCUT2D eigenvalue weighted by Gasteiger charge is -2.22. The lowest BCUT2D eigenvalue weighted by Crippen LogP contribution is -2.40. The average molecular weight is 408 g/mol. The number of unbranched alkanes of at least 4 members (excludes halogenated alkanes) is 1. The second kappa shape index (κ2) is 8.61. The highest BCUT2D eigenvalue weighted by atomic mass is 32.2. The molecule has 9 nitrogen and oxygen atoms in total. The molecule has 28 heavy (non-hydrogen) atoms. The molecule has 1 aromatic carbocycles. The Balaban J connectivity index is 1.74. The summed E-state index contributed by atoms with van der Waals surface area (Å²) in [7, 11) is -2.45. The molecule has 0 spiro atoms.